The lowest BCUT2D eigenvalue weighted by molar-refractivity contribution is 0.200. The van der Waals surface area contributed by atoms with Crippen molar-refractivity contribution in [3.8, 4) is 5.75 Å². The molecule has 0 fully saturated rings. The van der Waals surface area contributed by atoms with Crippen molar-refractivity contribution >= 4 is 17.9 Å². The number of para-hydroxylation sites is 1. The number of ether oxygens (including phenoxy) is 1. The van der Waals surface area contributed by atoms with Gasteiger partial charge < -0.3 is 10.1 Å². The van der Waals surface area contributed by atoms with Crippen LogP contribution in [0.3, 0.4) is 0 Å². The standard InChI is InChI=1S/C15H15NO2S/c1-19-14-9-7-12(8-10-14)11-16-15(17)18-13-5-3-2-4-6-13/h2-10H,11H2,1H3,(H,16,17). The molecule has 0 aliphatic heterocycles. The van der Waals surface area contributed by atoms with Gasteiger partial charge in [0.2, 0.25) is 0 Å². The van der Waals surface area contributed by atoms with Crippen molar-refractivity contribution in [1.29, 1.82) is 0 Å². The van der Waals surface area contributed by atoms with Gasteiger partial charge in [0.15, 0.2) is 0 Å². The van der Waals surface area contributed by atoms with E-state index < -0.39 is 6.09 Å². The molecule has 19 heavy (non-hydrogen) atoms. The number of nitrogens with one attached hydrogen (secondary N) is 1. The molecule has 0 bridgehead atoms. The summed E-state index contributed by atoms with van der Waals surface area (Å²) in [6.07, 6.45) is 1.59. The SMILES string of the molecule is CSc1ccc(CNC(=O)Oc2ccccc2)cc1. The molecule has 2 aromatic carbocycles. The molecule has 4 heteroatoms. The lowest BCUT2D eigenvalue weighted by Crippen LogP contribution is -2.26. The highest BCUT2D eigenvalue weighted by atomic mass is 32.2. The van der Waals surface area contributed by atoms with Crippen molar-refractivity contribution in [2.24, 2.45) is 0 Å². The average molecular weight is 273 g/mol. The molecule has 0 heterocycles. The van der Waals surface area contributed by atoms with Gasteiger partial charge in [0.25, 0.3) is 0 Å². The van der Waals surface area contributed by atoms with E-state index in [4.69, 9.17) is 4.74 Å². The van der Waals surface area contributed by atoms with Crippen LogP contribution in [0.5, 0.6) is 5.75 Å². The Morgan fingerprint density at radius 1 is 1.11 bits per heavy atom. The van der Waals surface area contributed by atoms with Crippen LogP contribution in [0.25, 0.3) is 0 Å². The number of hydrogen-bond donors (Lipinski definition) is 1. The van der Waals surface area contributed by atoms with E-state index in [1.165, 1.54) is 4.90 Å². The fraction of sp³-hybridized carbons (Fsp3) is 0.133. The van der Waals surface area contributed by atoms with E-state index in [0.717, 1.165) is 5.56 Å². The Hall–Kier alpha value is -1.94. The summed E-state index contributed by atoms with van der Waals surface area (Å²) in [7, 11) is 0. The summed E-state index contributed by atoms with van der Waals surface area (Å²) >= 11 is 1.69. The predicted molar refractivity (Wildman–Crippen MR) is 77.5 cm³/mol. The molecule has 1 N–H and O–H groups in total. The first-order valence-electron chi connectivity index (χ1n) is 5.91. The molecule has 0 aliphatic carbocycles. The van der Waals surface area contributed by atoms with Gasteiger partial charge in [0.05, 0.1) is 0 Å². The van der Waals surface area contributed by atoms with E-state index in [-0.39, 0.29) is 0 Å². The van der Waals surface area contributed by atoms with Gasteiger partial charge in [-0.05, 0) is 36.1 Å². The topological polar surface area (TPSA) is 38.3 Å². The molecule has 0 unspecified atom stereocenters. The molecule has 0 aromatic heterocycles. The normalized spacial score (nSPS) is 9.95. The van der Waals surface area contributed by atoms with Crippen molar-refractivity contribution < 1.29 is 9.53 Å². The number of rotatable bonds is 4. The maximum atomic E-state index is 11.6. The summed E-state index contributed by atoms with van der Waals surface area (Å²) in [6, 6.07) is 17.1. The van der Waals surface area contributed by atoms with Gasteiger partial charge in [0.1, 0.15) is 5.75 Å². The maximum absolute atomic E-state index is 11.6. The molecule has 3 nitrogen and oxygen atoms in total. The second kappa shape index (κ2) is 6.85. The molecule has 0 radical (unpaired) electrons. The maximum Gasteiger partial charge on any atom is 0.412 e. The van der Waals surface area contributed by atoms with Crippen LogP contribution in [0.15, 0.2) is 59.5 Å². The van der Waals surface area contributed by atoms with Crippen LogP contribution in [0, 0.1) is 0 Å². The third kappa shape index (κ3) is 4.34. The molecular formula is C15H15NO2S. The number of carbonyl (C=O) groups excluding carboxylic acids is 1. The fourth-order valence-corrected chi connectivity index (χ4v) is 1.96. The zero-order chi connectivity index (χ0) is 13.5. The van der Waals surface area contributed by atoms with Crippen molar-refractivity contribution in [2.75, 3.05) is 6.26 Å². The van der Waals surface area contributed by atoms with E-state index in [9.17, 15) is 4.79 Å². The Labute approximate surface area is 117 Å². The summed E-state index contributed by atoms with van der Waals surface area (Å²) in [4.78, 5) is 12.8. The number of hydrogen-bond acceptors (Lipinski definition) is 3. The monoisotopic (exact) mass is 273 g/mol. The molecular weight excluding hydrogens is 258 g/mol. The number of carbonyl (C=O) groups is 1. The van der Waals surface area contributed by atoms with Crippen molar-refractivity contribution in [3.63, 3.8) is 0 Å². The summed E-state index contributed by atoms with van der Waals surface area (Å²) in [6.45, 7) is 0.459. The first-order valence-corrected chi connectivity index (χ1v) is 7.14. The van der Waals surface area contributed by atoms with Gasteiger partial charge in [-0.15, -0.1) is 11.8 Å². The molecule has 98 valence electrons. The fourth-order valence-electron chi connectivity index (χ4n) is 1.55. The third-order valence-electron chi connectivity index (χ3n) is 2.55. The van der Waals surface area contributed by atoms with E-state index in [0.29, 0.717) is 12.3 Å². The Morgan fingerprint density at radius 3 is 2.42 bits per heavy atom. The number of amides is 1. The molecule has 1 amide bonds. The summed E-state index contributed by atoms with van der Waals surface area (Å²) in [5.41, 5.74) is 1.04. The first-order chi connectivity index (χ1) is 9.28. The Balaban J connectivity index is 1.83. The molecule has 0 spiro atoms. The van der Waals surface area contributed by atoms with E-state index in [2.05, 4.69) is 5.32 Å². The van der Waals surface area contributed by atoms with Crippen LogP contribution in [0.4, 0.5) is 4.79 Å². The number of thioether (sulfide) groups is 1. The molecule has 0 atom stereocenters. The quantitative estimate of drug-likeness (QED) is 0.863. The molecule has 2 aromatic rings. The van der Waals surface area contributed by atoms with Crippen molar-refractivity contribution in [3.05, 3.63) is 60.2 Å². The zero-order valence-corrected chi connectivity index (χ0v) is 11.4. The smallest absolute Gasteiger partial charge is 0.410 e. The van der Waals surface area contributed by atoms with Gasteiger partial charge in [0, 0.05) is 11.4 Å². The van der Waals surface area contributed by atoms with Gasteiger partial charge in [-0.1, -0.05) is 30.3 Å². The second-order valence-corrected chi connectivity index (χ2v) is 4.78. The van der Waals surface area contributed by atoms with Gasteiger partial charge in [-0.2, -0.15) is 0 Å². The number of benzene rings is 2. The van der Waals surface area contributed by atoms with Crippen LogP contribution in [-0.2, 0) is 6.54 Å². The van der Waals surface area contributed by atoms with Crippen molar-refractivity contribution in [2.45, 2.75) is 11.4 Å². The zero-order valence-electron chi connectivity index (χ0n) is 10.6. The van der Waals surface area contributed by atoms with Crippen LogP contribution < -0.4 is 10.1 Å². The van der Waals surface area contributed by atoms with Gasteiger partial charge in [-0.25, -0.2) is 4.79 Å². The van der Waals surface area contributed by atoms with E-state index >= 15 is 0 Å². The van der Waals surface area contributed by atoms with E-state index in [1.807, 2.05) is 48.7 Å². The van der Waals surface area contributed by atoms with Crippen molar-refractivity contribution in [1.82, 2.24) is 5.32 Å². The second-order valence-electron chi connectivity index (χ2n) is 3.90. The summed E-state index contributed by atoms with van der Waals surface area (Å²) in [5.74, 6) is 0.540. The molecule has 0 saturated heterocycles. The third-order valence-corrected chi connectivity index (χ3v) is 3.29. The lowest BCUT2D eigenvalue weighted by atomic mass is 10.2. The van der Waals surface area contributed by atoms with E-state index in [1.54, 1.807) is 23.9 Å². The average Bonchev–Trinajstić information content (AvgIpc) is 2.47. The molecule has 0 aliphatic rings. The van der Waals surface area contributed by atoms with Gasteiger partial charge in [-0.3, -0.25) is 0 Å². The van der Waals surface area contributed by atoms with Crippen LogP contribution in [0.1, 0.15) is 5.56 Å². The minimum atomic E-state index is -0.444. The summed E-state index contributed by atoms with van der Waals surface area (Å²) in [5, 5.41) is 2.72. The Morgan fingerprint density at radius 2 is 1.79 bits per heavy atom. The Kier molecular flexibility index (Phi) is 4.86. The van der Waals surface area contributed by atoms with Crippen LogP contribution in [0.2, 0.25) is 0 Å². The van der Waals surface area contributed by atoms with Gasteiger partial charge >= 0.3 is 6.09 Å². The highest BCUT2D eigenvalue weighted by molar-refractivity contribution is 7.98. The predicted octanol–water partition coefficient (Wildman–Crippen LogP) is 3.70. The first kappa shape index (κ1) is 13.5. The largest absolute Gasteiger partial charge is 0.412 e. The highest BCUT2D eigenvalue weighted by Crippen LogP contribution is 2.14. The highest BCUT2D eigenvalue weighted by Gasteiger charge is 2.03. The minimum absolute atomic E-state index is 0.444. The minimum Gasteiger partial charge on any atom is -0.410 e. The molecule has 2 rings (SSSR count). The lowest BCUT2D eigenvalue weighted by Gasteiger charge is -2.07. The molecule has 0 saturated carbocycles. The van der Waals surface area contributed by atoms with Crippen LogP contribution >= 0.6 is 11.8 Å². The van der Waals surface area contributed by atoms with Crippen LogP contribution in [-0.4, -0.2) is 12.3 Å². The summed E-state index contributed by atoms with van der Waals surface area (Å²) < 4.78 is 5.13. The Bertz CT molecular complexity index is 526.